The monoisotopic (exact) mass is 286 g/mol. The molecule has 0 nitrogen and oxygen atoms in total. The summed E-state index contributed by atoms with van der Waals surface area (Å²) in [7, 11) is 0. The summed E-state index contributed by atoms with van der Waals surface area (Å²) in [5, 5.41) is 0. The van der Waals surface area contributed by atoms with Crippen LogP contribution in [0.3, 0.4) is 0 Å². The maximum absolute atomic E-state index is 2.67. The van der Waals surface area contributed by atoms with Gasteiger partial charge in [-0.2, -0.15) is 0 Å². The highest BCUT2D eigenvalue weighted by molar-refractivity contribution is 5.24. The molecule has 0 heteroatoms. The summed E-state index contributed by atoms with van der Waals surface area (Å²) in [6, 6.07) is 0. The van der Waals surface area contributed by atoms with E-state index in [0.717, 1.165) is 29.6 Å². The molecule has 0 aliphatic heterocycles. The van der Waals surface area contributed by atoms with Crippen LogP contribution in [-0.2, 0) is 0 Å². The number of rotatable bonds is 0. The van der Waals surface area contributed by atoms with Crippen molar-refractivity contribution in [3.8, 4) is 0 Å². The van der Waals surface area contributed by atoms with E-state index in [4.69, 9.17) is 0 Å². The molecule has 0 bridgehead atoms. The molecular weight excluding hydrogens is 252 g/mol. The summed E-state index contributed by atoms with van der Waals surface area (Å²) in [6.07, 6.45) is 14.6. The molecule has 21 heavy (non-hydrogen) atoms. The van der Waals surface area contributed by atoms with Gasteiger partial charge in [-0.15, -0.1) is 0 Å². The molecule has 0 spiro atoms. The van der Waals surface area contributed by atoms with E-state index < -0.39 is 0 Å². The third kappa shape index (κ3) is 1.86. The third-order valence-corrected chi connectivity index (χ3v) is 8.81. The van der Waals surface area contributed by atoms with Crippen LogP contribution in [0, 0.1) is 40.4 Å². The normalized spacial score (nSPS) is 56.2. The van der Waals surface area contributed by atoms with Crippen LogP contribution in [0.4, 0.5) is 0 Å². The first kappa shape index (κ1) is 14.3. The van der Waals surface area contributed by atoms with Crippen LogP contribution in [0.15, 0.2) is 11.6 Å². The molecule has 0 aromatic carbocycles. The summed E-state index contributed by atoms with van der Waals surface area (Å²) in [4.78, 5) is 0. The van der Waals surface area contributed by atoms with Crippen LogP contribution in [-0.4, -0.2) is 0 Å². The summed E-state index contributed by atoms with van der Waals surface area (Å²) in [6.45, 7) is 10.2. The molecule has 0 radical (unpaired) electrons. The molecule has 4 rings (SSSR count). The molecule has 6 unspecified atom stereocenters. The highest BCUT2D eigenvalue weighted by atomic mass is 14.6. The van der Waals surface area contributed by atoms with Gasteiger partial charge in [-0.1, -0.05) is 39.3 Å². The lowest BCUT2D eigenvalue weighted by molar-refractivity contribution is -0.0500. The summed E-state index contributed by atoms with van der Waals surface area (Å²) < 4.78 is 0. The minimum Gasteiger partial charge on any atom is -0.0819 e. The fourth-order valence-corrected chi connectivity index (χ4v) is 7.16. The lowest BCUT2D eigenvalue weighted by Gasteiger charge is -2.58. The van der Waals surface area contributed by atoms with Crippen LogP contribution < -0.4 is 0 Å². The molecule has 0 saturated heterocycles. The molecule has 4 aliphatic rings. The maximum atomic E-state index is 2.67. The van der Waals surface area contributed by atoms with Gasteiger partial charge in [-0.05, 0) is 91.8 Å². The first-order valence-electron chi connectivity index (χ1n) is 9.66. The van der Waals surface area contributed by atoms with Crippen molar-refractivity contribution in [3.05, 3.63) is 11.6 Å². The van der Waals surface area contributed by atoms with Gasteiger partial charge in [0.05, 0.1) is 0 Å². The number of hydrogen-bond acceptors (Lipinski definition) is 0. The van der Waals surface area contributed by atoms with Gasteiger partial charge in [-0.25, -0.2) is 0 Å². The topological polar surface area (TPSA) is 0 Å². The van der Waals surface area contributed by atoms with Gasteiger partial charge in [-0.3, -0.25) is 0 Å². The van der Waals surface area contributed by atoms with Crippen molar-refractivity contribution >= 4 is 0 Å². The Bertz CT molecular complexity index is 461. The summed E-state index contributed by atoms with van der Waals surface area (Å²) >= 11 is 0. The van der Waals surface area contributed by atoms with Crippen LogP contribution in [0.1, 0.15) is 79.1 Å². The number of hydrogen-bond donors (Lipinski definition) is 0. The molecule has 4 aliphatic carbocycles. The third-order valence-electron chi connectivity index (χ3n) is 8.81. The first-order valence-corrected chi connectivity index (χ1v) is 9.66. The van der Waals surface area contributed by atoms with Crippen LogP contribution in [0.25, 0.3) is 0 Å². The van der Waals surface area contributed by atoms with Crippen molar-refractivity contribution in [2.24, 2.45) is 40.4 Å². The lowest BCUT2D eigenvalue weighted by Crippen LogP contribution is -2.50. The second-order valence-corrected chi connectivity index (χ2v) is 9.56. The van der Waals surface area contributed by atoms with E-state index in [1.165, 1.54) is 51.4 Å². The second-order valence-electron chi connectivity index (χ2n) is 9.56. The average molecular weight is 287 g/mol. The van der Waals surface area contributed by atoms with Gasteiger partial charge >= 0.3 is 0 Å². The number of allylic oxidation sites excluding steroid dienone is 2. The fraction of sp³-hybridized carbons (Fsp3) is 0.905. The predicted molar refractivity (Wildman–Crippen MR) is 90.0 cm³/mol. The van der Waals surface area contributed by atoms with E-state index in [1.54, 1.807) is 0 Å². The Labute approximate surface area is 131 Å². The predicted octanol–water partition coefficient (Wildman–Crippen LogP) is 6.22. The Morgan fingerprint density at radius 2 is 1.71 bits per heavy atom. The lowest BCUT2D eigenvalue weighted by atomic mass is 9.46. The molecule has 7 atom stereocenters. The van der Waals surface area contributed by atoms with Crippen molar-refractivity contribution in [2.75, 3.05) is 0 Å². The second kappa shape index (κ2) is 4.62. The van der Waals surface area contributed by atoms with E-state index in [0.29, 0.717) is 10.8 Å². The van der Waals surface area contributed by atoms with Gasteiger partial charge in [0.2, 0.25) is 0 Å². The molecule has 3 fully saturated rings. The minimum atomic E-state index is 0.572. The fourth-order valence-electron chi connectivity index (χ4n) is 7.16. The highest BCUT2D eigenvalue weighted by Gasteiger charge is 2.57. The van der Waals surface area contributed by atoms with Gasteiger partial charge in [0.25, 0.3) is 0 Å². The van der Waals surface area contributed by atoms with E-state index in [9.17, 15) is 0 Å². The van der Waals surface area contributed by atoms with E-state index in [1.807, 2.05) is 5.57 Å². The molecule has 0 heterocycles. The molecule has 0 aromatic rings. The molecular formula is C21H34. The Kier molecular flexibility index (Phi) is 3.15. The molecule has 0 N–H and O–H groups in total. The maximum Gasteiger partial charge on any atom is -0.00851 e. The van der Waals surface area contributed by atoms with Gasteiger partial charge < -0.3 is 0 Å². The van der Waals surface area contributed by atoms with E-state index >= 15 is 0 Å². The Morgan fingerprint density at radius 1 is 0.905 bits per heavy atom. The summed E-state index contributed by atoms with van der Waals surface area (Å²) in [5.41, 5.74) is 3.11. The zero-order valence-electron chi connectivity index (χ0n) is 14.6. The highest BCUT2D eigenvalue weighted by Crippen LogP contribution is 2.66. The smallest absolute Gasteiger partial charge is 0.00851 e. The van der Waals surface area contributed by atoms with E-state index in [-0.39, 0.29) is 0 Å². The van der Waals surface area contributed by atoms with Crippen LogP contribution in [0.2, 0.25) is 0 Å². The van der Waals surface area contributed by atoms with Crippen molar-refractivity contribution in [2.45, 2.75) is 79.1 Å². The van der Waals surface area contributed by atoms with Crippen molar-refractivity contribution in [1.82, 2.24) is 0 Å². The first-order chi connectivity index (χ1) is 9.95. The molecule has 3 saturated carbocycles. The van der Waals surface area contributed by atoms with Crippen LogP contribution in [0.5, 0.6) is 0 Å². The van der Waals surface area contributed by atoms with E-state index in [2.05, 4.69) is 33.8 Å². The zero-order chi connectivity index (χ0) is 14.8. The Hall–Kier alpha value is -0.260. The van der Waals surface area contributed by atoms with Gasteiger partial charge in [0, 0.05) is 0 Å². The average Bonchev–Trinajstić information content (AvgIpc) is 2.76. The zero-order valence-corrected chi connectivity index (χ0v) is 14.6. The SMILES string of the molecule is CC1CCC2C3CCC4=C[C@@H](C)CCC4(C)C3CCC12C. The minimum absolute atomic E-state index is 0.572. The van der Waals surface area contributed by atoms with Gasteiger partial charge in [0.1, 0.15) is 0 Å². The van der Waals surface area contributed by atoms with Gasteiger partial charge in [0.15, 0.2) is 0 Å². The molecule has 0 amide bonds. The largest absolute Gasteiger partial charge is 0.0819 e. The summed E-state index contributed by atoms with van der Waals surface area (Å²) in [5.74, 6) is 4.91. The molecule has 118 valence electrons. The standard InChI is InChI=1S/C21H34/c1-14-9-11-21(4)16(13-14)6-7-17-18-8-5-15(2)20(18,3)12-10-19(17)21/h13-15,17-19H,5-12H2,1-4H3/t14-,15?,17?,18?,19?,20?,21?/m0/s1. The van der Waals surface area contributed by atoms with Crippen molar-refractivity contribution in [1.29, 1.82) is 0 Å². The van der Waals surface area contributed by atoms with Crippen LogP contribution >= 0.6 is 0 Å². The Morgan fingerprint density at radius 3 is 2.52 bits per heavy atom. The molecule has 0 aromatic heterocycles. The quantitative estimate of drug-likeness (QED) is 0.464. The Balaban J connectivity index is 1.67. The number of fused-ring (bicyclic) bond motifs is 5. The van der Waals surface area contributed by atoms with Crippen molar-refractivity contribution < 1.29 is 0 Å². The van der Waals surface area contributed by atoms with Crippen molar-refractivity contribution in [3.63, 3.8) is 0 Å².